The number of hydrogen-bond acceptors (Lipinski definition) is 5. The summed E-state index contributed by atoms with van der Waals surface area (Å²) in [5.74, 6) is -0.600. The number of nitrogens with one attached hydrogen (secondary N) is 2. The molecule has 0 saturated carbocycles. The van der Waals surface area contributed by atoms with Crippen LogP contribution >= 0.6 is 23.2 Å². The van der Waals surface area contributed by atoms with E-state index in [9.17, 15) is 14.9 Å². The van der Waals surface area contributed by atoms with Gasteiger partial charge < -0.3 is 10.6 Å². The number of anilines is 1. The molecule has 0 fully saturated rings. The molecule has 0 aliphatic carbocycles. The maximum Gasteiger partial charge on any atom is 0.271 e. The predicted octanol–water partition coefficient (Wildman–Crippen LogP) is 4.04. The van der Waals surface area contributed by atoms with Gasteiger partial charge in [0.2, 0.25) is 0 Å². The third kappa shape index (κ3) is 5.21. The van der Waals surface area contributed by atoms with Gasteiger partial charge in [0, 0.05) is 29.9 Å². The topological polar surface area (TPSA) is 108 Å². The van der Waals surface area contributed by atoms with Gasteiger partial charge in [0.05, 0.1) is 15.6 Å². The van der Waals surface area contributed by atoms with Crippen LogP contribution in [0.5, 0.6) is 0 Å². The number of nitro benzene ring substituents is 1. The summed E-state index contributed by atoms with van der Waals surface area (Å²) in [6.45, 7) is 0.215. The molecule has 0 aliphatic heterocycles. The van der Waals surface area contributed by atoms with Gasteiger partial charge in [-0.3, -0.25) is 14.9 Å². The molecule has 2 aromatic rings. The molecule has 132 valence electrons. The molecule has 0 spiro atoms. The lowest BCUT2D eigenvalue weighted by Gasteiger charge is -2.06. The Morgan fingerprint density at radius 3 is 2.54 bits per heavy atom. The van der Waals surface area contributed by atoms with E-state index in [0.29, 0.717) is 5.02 Å². The monoisotopic (exact) mass is 390 g/mol. The zero-order chi connectivity index (χ0) is 19.1. The Balaban J connectivity index is 2.06. The molecule has 0 atom stereocenters. The largest absolute Gasteiger partial charge is 0.359 e. The first kappa shape index (κ1) is 19.2. The first-order valence-electron chi connectivity index (χ1n) is 7.24. The number of amides is 1. The Morgan fingerprint density at radius 2 is 1.92 bits per heavy atom. The van der Waals surface area contributed by atoms with Crippen LogP contribution in [0.4, 0.5) is 11.4 Å². The number of hydrogen-bond donors (Lipinski definition) is 2. The molecule has 0 saturated heterocycles. The summed E-state index contributed by atoms with van der Waals surface area (Å²) in [5, 5.41) is 26.0. The lowest BCUT2D eigenvalue weighted by molar-refractivity contribution is -0.384. The molecule has 0 aromatic heterocycles. The molecule has 0 unspecified atom stereocenters. The Morgan fingerprint density at radius 1 is 1.23 bits per heavy atom. The molecule has 0 bridgehead atoms. The quantitative estimate of drug-likeness (QED) is 0.334. The number of halogens is 2. The highest BCUT2D eigenvalue weighted by Gasteiger charge is 2.11. The van der Waals surface area contributed by atoms with Crippen LogP contribution in [0, 0.1) is 21.4 Å². The van der Waals surface area contributed by atoms with Crippen molar-refractivity contribution in [1.82, 2.24) is 5.32 Å². The van der Waals surface area contributed by atoms with Crippen LogP contribution in [-0.4, -0.2) is 10.8 Å². The number of rotatable bonds is 6. The summed E-state index contributed by atoms with van der Waals surface area (Å²) in [4.78, 5) is 22.3. The molecule has 26 heavy (non-hydrogen) atoms. The van der Waals surface area contributed by atoms with Crippen molar-refractivity contribution in [2.45, 2.75) is 6.54 Å². The zero-order valence-electron chi connectivity index (χ0n) is 13.2. The van der Waals surface area contributed by atoms with E-state index in [0.717, 1.165) is 11.8 Å². The van der Waals surface area contributed by atoms with Crippen molar-refractivity contribution in [3.05, 3.63) is 80.0 Å². The smallest absolute Gasteiger partial charge is 0.271 e. The van der Waals surface area contributed by atoms with E-state index in [4.69, 9.17) is 28.5 Å². The van der Waals surface area contributed by atoms with Crippen LogP contribution < -0.4 is 10.6 Å². The van der Waals surface area contributed by atoms with Crippen molar-refractivity contribution in [2.24, 2.45) is 0 Å². The first-order chi connectivity index (χ1) is 12.4. The Kier molecular flexibility index (Phi) is 6.55. The lowest BCUT2D eigenvalue weighted by atomic mass is 10.2. The van der Waals surface area contributed by atoms with Crippen LogP contribution in [-0.2, 0) is 11.3 Å². The standard InChI is InChI=1S/C17H12Cl2N4O3/c18-13-3-1-11(2-4-13)9-22-17(24)12(8-20)10-21-16-7-14(23(25)26)5-6-15(16)19/h1-7,10,21H,9H2,(H,22,24)/b12-10-. The Bertz CT molecular complexity index is 905. The summed E-state index contributed by atoms with van der Waals surface area (Å²) in [6.07, 6.45) is 1.14. The number of nitriles is 1. The lowest BCUT2D eigenvalue weighted by Crippen LogP contribution is -2.24. The second-order valence-corrected chi connectivity index (χ2v) is 5.89. The zero-order valence-corrected chi connectivity index (χ0v) is 14.7. The van der Waals surface area contributed by atoms with Crippen LogP contribution in [0.15, 0.2) is 54.2 Å². The summed E-state index contributed by atoms with van der Waals surface area (Å²) < 4.78 is 0. The van der Waals surface area contributed by atoms with Gasteiger partial charge in [-0.1, -0.05) is 35.3 Å². The maximum atomic E-state index is 12.1. The van der Waals surface area contributed by atoms with Crippen molar-refractivity contribution in [1.29, 1.82) is 5.26 Å². The summed E-state index contributed by atoms with van der Waals surface area (Å²) in [7, 11) is 0. The van der Waals surface area contributed by atoms with Gasteiger partial charge in [-0.25, -0.2) is 0 Å². The van der Waals surface area contributed by atoms with Crippen LogP contribution in [0.2, 0.25) is 10.0 Å². The predicted molar refractivity (Wildman–Crippen MR) is 98.7 cm³/mol. The molecule has 2 aromatic carbocycles. The van der Waals surface area contributed by atoms with E-state index < -0.39 is 10.8 Å². The fourth-order valence-corrected chi connectivity index (χ4v) is 2.21. The average Bonchev–Trinajstić information content (AvgIpc) is 2.62. The van der Waals surface area contributed by atoms with Crippen molar-refractivity contribution in [3.8, 4) is 6.07 Å². The van der Waals surface area contributed by atoms with Crippen LogP contribution in [0.1, 0.15) is 5.56 Å². The number of non-ortho nitro benzene ring substituents is 1. The van der Waals surface area contributed by atoms with E-state index in [2.05, 4.69) is 10.6 Å². The van der Waals surface area contributed by atoms with E-state index >= 15 is 0 Å². The third-order valence-corrected chi connectivity index (χ3v) is 3.85. The Labute approximate surface area is 159 Å². The molecule has 0 radical (unpaired) electrons. The van der Waals surface area contributed by atoms with E-state index in [-0.39, 0.29) is 28.5 Å². The maximum absolute atomic E-state index is 12.1. The number of nitrogens with zero attached hydrogens (tertiary/aromatic N) is 2. The van der Waals surface area contributed by atoms with E-state index in [1.165, 1.54) is 18.2 Å². The van der Waals surface area contributed by atoms with Gasteiger partial charge >= 0.3 is 0 Å². The molecule has 7 nitrogen and oxygen atoms in total. The molecule has 0 aliphatic rings. The first-order valence-corrected chi connectivity index (χ1v) is 7.99. The number of carbonyl (C=O) groups excluding carboxylic acids is 1. The molecular weight excluding hydrogens is 379 g/mol. The fourth-order valence-electron chi connectivity index (χ4n) is 1.92. The highest BCUT2D eigenvalue weighted by Crippen LogP contribution is 2.26. The van der Waals surface area contributed by atoms with Crippen molar-refractivity contribution in [2.75, 3.05) is 5.32 Å². The SMILES string of the molecule is N#C/C(=C/Nc1cc([N+](=O)[O-])ccc1Cl)C(=O)NCc1ccc(Cl)cc1. The second kappa shape index (κ2) is 8.85. The average molecular weight is 391 g/mol. The minimum atomic E-state index is -0.600. The highest BCUT2D eigenvalue weighted by atomic mass is 35.5. The van der Waals surface area contributed by atoms with Crippen molar-refractivity contribution < 1.29 is 9.72 Å². The van der Waals surface area contributed by atoms with Gasteiger partial charge in [0.1, 0.15) is 11.6 Å². The minimum absolute atomic E-state index is 0.170. The normalized spacial score (nSPS) is 10.7. The van der Waals surface area contributed by atoms with Crippen LogP contribution in [0.3, 0.4) is 0 Å². The minimum Gasteiger partial charge on any atom is -0.359 e. The van der Waals surface area contributed by atoms with Crippen molar-refractivity contribution >= 4 is 40.5 Å². The van der Waals surface area contributed by atoms with E-state index in [1.807, 2.05) is 0 Å². The highest BCUT2D eigenvalue weighted by molar-refractivity contribution is 6.33. The fraction of sp³-hybridized carbons (Fsp3) is 0.0588. The number of carbonyl (C=O) groups is 1. The molecular formula is C17H12Cl2N4O3. The van der Waals surface area contributed by atoms with Gasteiger partial charge in [-0.15, -0.1) is 0 Å². The Hall–Kier alpha value is -3.08. The molecule has 2 N–H and O–H groups in total. The third-order valence-electron chi connectivity index (χ3n) is 3.26. The summed E-state index contributed by atoms with van der Waals surface area (Å²) in [5.41, 5.74) is 0.645. The van der Waals surface area contributed by atoms with Gasteiger partial charge in [-0.2, -0.15) is 5.26 Å². The summed E-state index contributed by atoms with van der Waals surface area (Å²) >= 11 is 11.7. The van der Waals surface area contributed by atoms with Crippen LogP contribution in [0.25, 0.3) is 0 Å². The molecule has 2 rings (SSSR count). The van der Waals surface area contributed by atoms with Gasteiger partial charge in [-0.05, 0) is 23.8 Å². The van der Waals surface area contributed by atoms with Gasteiger partial charge in [0.25, 0.3) is 11.6 Å². The second-order valence-electron chi connectivity index (χ2n) is 5.04. The van der Waals surface area contributed by atoms with Gasteiger partial charge in [0.15, 0.2) is 0 Å². The van der Waals surface area contributed by atoms with Crippen molar-refractivity contribution in [3.63, 3.8) is 0 Å². The molecule has 1 amide bonds. The van der Waals surface area contributed by atoms with E-state index in [1.54, 1.807) is 30.3 Å². The number of nitro groups is 1. The molecule has 0 heterocycles. The number of benzene rings is 2. The summed E-state index contributed by atoms with van der Waals surface area (Å²) in [6, 6.07) is 12.5. The molecule has 9 heteroatoms.